The standard InChI is InChI=1S/C25H36N2O2/c1-5-27(6-2)19-25(28)26-17-16-23(18-21-10-8-7-9-11-21)22-12-14-24(15-13-22)29-20(3)4/h7-15,20,23H,5-6,16-19H2,1-4H3,(H,26,28)/p+1/t23-/m0/s1. The Morgan fingerprint density at radius 2 is 1.66 bits per heavy atom. The highest BCUT2D eigenvalue weighted by atomic mass is 16.5. The Morgan fingerprint density at radius 3 is 2.24 bits per heavy atom. The van der Waals surface area contributed by atoms with Crippen molar-refractivity contribution in [3.05, 3.63) is 65.7 Å². The lowest BCUT2D eigenvalue weighted by Gasteiger charge is -2.20. The van der Waals surface area contributed by atoms with Crippen LogP contribution in [0.2, 0.25) is 0 Å². The SMILES string of the molecule is CC[NH+](CC)CC(=O)NCC[C@@H](Cc1ccccc1)c1ccc(OC(C)C)cc1. The Bertz CT molecular complexity index is 709. The van der Waals surface area contributed by atoms with Crippen LogP contribution in [-0.4, -0.2) is 38.2 Å². The summed E-state index contributed by atoms with van der Waals surface area (Å²) in [5.74, 6) is 1.40. The molecule has 0 saturated carbocycles. The van der Waals surface area contributed by atoms with E-state index in [1.807, 2.05) is 19.9 Å². The Kier molecular flexibility index (Phi) is 9.72. The van der Waals surface area contributed by atoms with Crippen molar-refractivity contribution in [2.45, 2.75) is 52.6 Å². The van der Waals surface area contributed by atoms with Crippen LogP contribution in [0.4, 0.5) is 0 Å². The molecule has 2 aromatic carbocycles. The van der Waals surface area contributed by atoms with Gasteiger partial charge in [-0.2, -0.15) is 0 Å². The summed E-state index contributed by atoms with van der Waals surface area (Å²) in [5.41, 5.74) is 2.60. The number of ether oxygens (including phenoxy) is 1. The molecule has 0 radical (unpaired) electrons. The second-order valence-corrected chi connectivity index (χ2v) is 7.89. The molecule has 0 fully saturated rings. The summed E-state index contributed by atoms with van der Waals surface area (Å²) in [5, 5.41) is 3.12. The molecule has 0 aromatic heterocycles. The number of hydrogen-bond donors (Lipinski definition) is 2. The summed E-state index contributed by atoms with van der Waals surface area (Å²) in [7, 11) is 0. The van der Waals surface area contributed by atoms with Gasteiger partial charge in [0.25, 0.3) is 5.91 Å². The van der Waals surface area contributed by atoms with Crippen LogP contribution in [-0.2, 0) is 11.2 Å². The fraction of sp³-hybridized carbons (Fsp3) is 0.480. The van der Waals surface area contributed by atoms with Crippen molar-refractivity contribution in [2.75, 3.05) is 26.2 Å². The molecular formula is C25H37N2O2+. The summed E-state index contributed by atoms with van der Waals surface area (Å²) in [6.45, 7) is 11.5. The van der Waals surface area contributed by atoms with Gasteiger partial charge in [-0.1, -0.05) is 42.5 Å². The minimum atomic E-state index is 0.142. The van der Waals surface area contributed by atoms with E-state index in [1.54, 1.807) is 0 Å². The van der Waals surface area contributed by atoms with Crippen LogP contribution >= 0.6 is 0 Å². The minimum Gasteiger partial charge on any atom is -0.491 e. The number of rotatable bonds is 12. The van der Waals surface area contributed by atoms with E-state index in [0.717, 1.165) is 31.7 Å². The number of nitrogens with one attached hydrogen (secondary N) is 2. The maximum Gasteiger partial charge on any atom is 0.275 e. The number of likely N-dealkylation sites (N-methyl/N-ethyl adjacent to an activating group) is 1. The van der Waals surface area contributed by atoms with Crippen molar-refractivity contribution in [1.82, 2.24) is 5.32 Å². The van der Waals surface area contributed by atoms with E-state index in [9.17, 15) is 4.79 Å². The van der Waals surface area contributed by atoms with Gasteiger partial charge in [0, 0.05) is 6.54 Å². The lowest BCUT2D eigenvalue weighted by atomic mass is 9.89. The van der Waals surface area contributed by atoms with Gasteiger partial charge in [0.15, 0.2) is 6.54 Å². The molecule has 2 aromatic rings. The first-order chi connectivity index (χ1) is 14.0. The van der Waals surface area contributed by atoms with Crippen LogP contribution in [0.15, 0.2) is 54.6 Å². The molecule has 1 amide bonds. The van der Waals surface area contributed by atoms with Crippen LogP contribution in [0.5, 0.6) is 5.75 Å². The van der Waals surface area contributed by atoms with Crippen LogP contribution in [0.3, 0.4) is 0 Å². The van der Waals surface area contributed by atoms with Crippen molar-refractivity contribution < 1.29 is 14.4 Å². The number of benzene rings is 2. The number of carbonyl (C=O) groups excluding carboxylic acids is 1. The molecule has 0 aliphatic heterocycles. The first-order valence-electron chi connectivity index (χ1n) is 10.9. The monoisotopic (exact) mass is 397 g/mol. The molecule has 0 bridgehead atoms. The van der Waals surface area contributed by atoms with E-state index in [0.29, 0.717) is 19.0 Å². The van der Waals surface area contributed by atoms with Crippen molar-refractivity contribution in [2.24, 2.45) is 0 Å². The van der Waals surface area contributed by atoms with Gasteiger partial charge >= 0.3 is 0 Å². The summed E-state index contributed by atoms with van der Waals surface area (Å²) >= 11 is 0. The molecule has 0 heterocycles. The molecule has 158 valence electrons. The maximum atomic E-state index is 12.2. The molecular weight excluding hydrogens is 360 g/mol. The Hall–Kier alpha value is -2.33. The molecule has 0 saturated heterocycles. The van der Waals surface area contributed by atoms with Gasteiger partial charge in [0.1, 0.15) is 5.75 Å². The summed E-state index contributed by atoms with van der Waals surface area (Å²) in [4.78, 5) is 13.6. The second-order valence-electron chi connectivity index (χ2n) is 7.89. The predicted octanol–water partition coefficient (Wildman–Crippen LogP) is 3.23. The first kappa shape index (κ1) is 23.0. The topological polar surface area (TPSA) is 42.8 Å². The van der Waals surface area contributed by atoms with Gasteiger partial charge < -0.3 is 15.0 Å². The molecule has 0 spiro atoms. The van der Waals surface area contributed by atoms with Gasteiger partial charge in [0.2, 0.25) is 0 Å². The maximum absolute atomic E-state index is 12.2. The lowest BCUT2D eigenvalue weighted by molar-refractivity contribution is -0.888. The Morgan fingerprint density at radius 1 is 1.00 bits per heavy atom. The van der Waals surface area contributed by atoms with E-state index in [4.69, 9.17) is 4.74 Å². The number of carbonyl (C=O) groups is 1. The van der Waals surface area contributed by atoms with Crippen LogP contribution in [0.25, 0.3) is 0 Å². The summed E-state index contributed by atoms with van der Waals surface area (Å²) < 4.78 is 5.78. The zero-order valence-corrected chi connectivity index (χ0v) is 18.4. The molecule has 0 aliphatic rings. The molecule has 2 N–H and O–H groups in total. The molecule has 0 unspecified atom stereocenters. The molecule has 1 atom stereocenters. The zero-order valence-electron chi connectivity index (χ0n) is 18.4. The lowest BCUT2D eigenvalue weighted by Crippen LogP contribution is -3.12. The normalized spacial score (nSPS) is 12.2. The van der Waals surface area contributed by atoms with Crippen LogP contribution in [0.1, 0.15) is 51.2 Å². The summed E-state index contributed by atoms with van der Waals surface area (Å²) in [6.07, 6.45) is 2.05. The number of hydrogen-bond acceptors (Lipinski definition) is 2. The highest BCUT2D eigenvalue weighted by molar-refractivity contribution is 5.76. The van der Waals surface area contributed by atoms with Crippen molar-refractivity contribution in [3.8, 4) is 5.75 Å². The highest BCUT2D eigenvalue weighted by Gasteiger charge is 2.15. The highest BCUT2D eigenvalue weighted by Crippen LogP contribution is 2.26. The van der Waals surface area contributed by atoms with E-state index in [-0.39, 0.29) is 12.0 Å². The smallest absolute Gasteiger partial charge is 0.275 e. The van der Waals surface area contributed by atoms with Crippen molar-refractivity contribution in [1.29, 1.82) is 0 Å². The van der Waals surface area contributed by atoms with E-state index < -0.39 is 0 Å². The van der Waals surface area contributed by atoms with E-state index in [2.05, 4.69) is 67.7 Å². The van der Waals surface area contributed by atoms with E-state index >= 15 is 0 Å². The molecule has 4 heteroatoms. The minimum absolute atomic E-state index is 0.142. The van der Waals surface area contributed by atoms with Gasteiger partial charge in [-0.25, -0.2) is 0 Å². The van der Waals surface area contributed by atoms with Gasteiger partial charge in [-0.15, -0.1) is 0 Å². The van der Waals surface area contributed by atoms with Crippen molar-refractivity contribution in [3.63, 3.8) is 0 Å². The Balaban J connectivity index is 2.00. The third-order valence-corrected chi connectivity index (χ3v) is 5.27. The third kappa shape index (κ3) is 8.28. The third-order valence-electron chi connectivity index (χ3n) is 5.27. The average molecular weight is 398 g/mol. The van der Waals surface area contributed by atoms with Crippen molar-refractivity contribution >= 4 is 5.91 Å². The van der Waals surface area contributed by atoms with Gasteiger partial charge in [-0.05, 0) is 69.7 Å². The molecule has 4 nitrogen and oxygen atoms in total. The summed E-state index contributed by atoms with van der Waals surface area (Å²) in [6, 6.07) is 19.0. The first-order valence-corrected chi connectivity index (χ1v) is 10.9. The van der Waals surface area contributed by atoms with Gasteiger partial charge in [0.05, 0.1) is 19.2 Å². The van der Waals surface area contributed by atoms with Gasteiger partial charge in [-0.3, -0.25) is 4.79 Å². The fourth-order valence-corrected chi connectivity index (χ4v) is 3.55. The fourth-order valence-electron chi connectivity index (χ4n) is 3.55. The van der Waals surface area contributed by atoms with Crippen LogP contribution < -0.4 is 15.0 Å². The number of amides is 1. The largest absolute Gasteiger partial charge is 0.491 e. The van der Waals surface area contributed by atoms with Crippen LogP contribution in [0, 0.1) is 0 Å². The Labute approximate surface area is 176 Å². The second kappa shape index (κ2) is 12.3. The molecule has 29 heavy (non-hydrogen) atoms. The quantitative estimate of drug-likeness (QED) is 0.577. The molecule has 2 rings (SSSR count). The molecule has 0 aliphatic carbocycles. The predicted molar refractivity (Wildman–Crippen MR) is 120 cm³/mol. The van der Waals surface area contributed by atoms with E-state index in [1.165, 1.54) is 16.0 Å². The average Bonchev–Trinajstić information content (AvgIpc) is 2.72. The zero-order chi connectivity index (χ0) is 21.1. The number of quaternary nitrogens is 1.